The second-order valence-corrected chi connectivity index (χ2v) is 7.62. The molecule has 0 bridgehead atoms. The van der Waals surface area contributed by atoms with Gasteiger partial charge in [0.15, 0.2) is 0 Å². The quantitative estimate of drug-likeness (QED) is 0.352. The van der Waals surface area contributed by atoms with E-state index in [2.05, 4.69) is 42.9 Å². The van der Waals surface area contributed by atoms with Crippen molar-refractivity contribution < 1.29 is 0 Å². The number of rotatable bonds is 0. The Hall–Kier alpha value is -0.663. The van der Waals surface area contributed by atoms with Crippen molar-refractivity contribution in [1.29, 1.82) is 0 Å². The zero-order chi connectivity index (χ0) is 7.33. The SMILES string of the molecule is CC#CC#C[Si](C)(C)C. The molecule has 0 rings (SSSR count). The van der Waals surface area contributed by atoms with Crippen molar-refractivity contribution in [2.24, 2.45) is 0 Å². The summed E-state index contributed by atoms with van der Waals surface area (Å²) in [6.07, 6.45) is 0. The summed E-state index contributed by atoms with van der Waals surface area (Å²) >= 11 is 0. The van der Waals surface area contributed by atoms with Crippen LogP contribution in [0.3, 0.4) is 0 Å². The van der Waals surface area contributed by atoms with Crippen molar-refractivity contribution in [3.8, 4) is 23.3 Å². The summed E-state index contributed by atoms with van der Waals surface area (Å²) in [6, 6.07) is 0. The minimum atomic E-state index is -1.16. The van der Waals surface area contributed by atoms with Crippen LogP contribution in [0.2, 0.25) is 19.6 Å². The van der Waals surface area contributed by atoms with Crippen LogP contribution in [0, 0.1) is 23.3 Å². The molecule has 0 heterocycles. The molecule has 0 radical (unpaired) electrons. The molecule has 0 nitrogen and oxygen atoms in total. The molecule has 0 aliphatic heterocycles. The van der Waals surface area contributed by atoms with Crippen LogP contribution in [0.5, 0.6) is 0 Å². The van der Waals surface area contributed by atoms with Crippen molar-refractivity contribution in [2.45, 2.75) is 26.6 Å². The van der Waals surface area contributed by atoms with E-state index in [9.17, 15) is 0 Å². The summed E-state index contributed by atoms with van der Waals surface area (Å²) in [5.41, 5.74) is 3.14. The molecule has 1 heteroatoms. The van der Waals surface area contributed by atoms with Crippen molar-refractivity contribution >= 4 is 8.07 Å². The van der Waals surface area contributed by atoms with Gasteiger partial charge in [-0.05, 0) is 18.8 Å². The molecule has 0 amide bonds. The second-order valence-electron chi connectivity index (χ2n) is 2.88. The Bertz CT molecular complexity index is 187. The van der Waals surface area contributed by atoms with Gasteiger partial charge in [0.05, 0.1) is 0 Å². The van der Waals surface area contributed by atoms with Gasteiger partial charge in [-0.15, -0.1) is 5.54 Å². The molecule has 48 valence electrons. The van der Waals surface area contributed by atoms with Crippen LogP contribution < -0.4 is 0 Å². The molecular formula is C8H12Si. The van der Waals surface area contributed by atoms with E-state index in [4.69, 9.17) is 0 Å². The van der Waals surface area contributed by atoms with E-state index in [1.54, 1.807) is 6.92 Å². The highest BCUT2D eigenvalue weighted by Gasteiger charge is 2.06. The van der Waals surface area contributed by atoms with E-state index in [1.807, 2.05) is 0 Å². The molecule has 0 aromatic heterocycles. The van der Waals surface area contributed by atoms with Gasteiger partial charge in [-0.1, -0.05) is 25.6 Å². The normalized spacial score (nSPS) is 8.44. The Labute approximate surface area is 58.7 Å². The van der Waals surface area contributed by atoms with Gasteiger partial charge in [-0.3, -0.25) is 0 Å². The van der Waals surface area contributed by atoms with E-state index >= 15 is 0 Å². The second kappa shape index (κ2) is 3.38. The van der Waals surface area contributed by atoms with Crippen LogP contribution in [0.15, 0.2) is 0 Å². The van der Waals surface area contributed by atoms with E-state index in [0.29, 0.717) is 0 Å². The van der Waals surface area contributed by atoms with Gasteiger partial charge in [0.1, 0.15) is 8.07 Å². The van der Waals surface area contributed by atoms with Crippen molar-refractivity contribution in [3.63, 3.8) is 0 Å². The van der Waals surface area contributed by atoms with E-state index in [0.717, 1.165) is 0 Å². The molecule has 0 fully saturated rings. The van der Waals surface area contributed by atoms with Crippen LogP contribution in [-0.4, -0.2) is 8.07 Å². The Morgan fingerprint density at radius 2 is 1.56 bits per heavy atom. The van der Waals surface area contributed by atoms with Gasteiger partial charge < -0.3 is 0 Å². The van der Waals surface area contributed by atoms with Crippen molar-refractivity contribution in [3.05, 3.63) is 0 Å². The molecule has 9 heavy (non-hydrogen) atoms. The summed E-state index contributed by atoms with van der Waals surface area (Å²) < 4.78 is 0. The molecule has 0 N–H and O–H groups in total. The summed E-state index contributed by atoms with van der Waals surface area (Å²) in [4.78, 5) is 0. The first kappa shape index (κ1) is 8.34. The standard InChI is InChI=1S/C8H12Si/c1-5-6-7-8-9(2,3)4/h1-4H3. The molecule has 0 saturated heterocycles. The molecule has 0 spiro atoms. The average molecular weight is 136 g/mol. The first-order valence-corrected chi connectivity index (χ1v) is 6.50. The van der Waals surface area contributed by atoms with E-state index in [1.165, 1.54) is 0 Å². The fourth-order valence-electron chi connectivity index (χ4n) is 0.281. The number of hydrogen-bond donors (Lipinski definition) is 0. The first-order valence-electron chi connectivity index (χ1n) is 3.00. The third kappa shape index (κ3) is 7.34. The molecule has 0 aromatic rings. The molecule has 0 aliphatic carbocycles. The lowest BCUT2D eigenvalue weighted by atomic mass is 10.6. The Morgan fingerprint density at radius 3 is 1.89 bits per heavy atom. The van der Waals surface area contributed by atoms with Crippen LogP contribution in [0.4, 0.5) is 0 Å². The minimum Gasteiger partial charge on any atom is -0.118 e. The zero-order valence-corrected chi connectivity index (χ0v) is 7.50. The van der Waals surface area contributed by atoms with Crippen LogP contribution in [-0.2, 0) is 0 Å². The maximum Gasteiger partial charge on any atom is 0.130 e. The highest BCUT2D eigenvalue weighted by Crippen LogP contribution is 1.95. The maximum atomic E-state index is 3.14. The maximum absolute atomic E-state index is 3.14. The van der Waals surface area contributed by atoms with Gasteiger partial charge in [0, 0.05) is 0 Å². The summed E-state index contributed by atoms with van der Waals surface area (Å²) in [6.45, 7) is 8.42. The lowest BCUT2D eigenvalue weighted by Gasteiger charge is -2.01. The molecule has 0 aromatic carbocycles. The van der Waals surface area contributed by atoms with Gasteiger partial charge >= 0.3 is 0 Å². The molecule has 0 atom stereocenters. The predicted octanol–water partition coefficient (Wildman–Crippen LogP) is 1.89. The van der Waals surface area contributed by atoms with Gasteiger partial charge in [0.2, 0.25) is 0 Å². The molecule has 0 aliphatic rings. The average Bonchev–Trinajstić information content (AvgIpc) is 1.63. The van der Waals surface area contributed by atoms with E-state index in [-0.39, 0.29) is 0 Å². The van der Waals surface area contributed by atoms with Crippen LogP contribution in [0.25, 0.3) is 0 Å². The Morgan fingerprint density at radius 1 is 1.00 bits per heavy atom. The summed E-state index contributed by atoms with van der Waals surface area (Å²) in [5, 5.41) is 0. The fraction of sp³-hybridized carbons (Fsp3) is 0.500. The first-order chi connectivity index (χ1) is 4.06. The Kier molecular flexibility index (Phi) is 3.13. The molecule has 0 saturated carbocycles. The number of hydrogen-bond acceptors (Lipinski definition) is 0. The van der Waals surface area contributed by atoms with Gasteiger partial charge in [-0.25, -0.2) is 0 Å². The predicted molar refractivity (Wildman–Crippen MR) is 44.6 cm³/mol. The zero-order valence-electron chi connectivity index (χ0n) is 6.50. The monoisotopic (exact) mass is 136 g/mol. The van der Waals surface area contributed by atoms with Gasteiger partial charge in [-0.2, -0.15) is 0 Å². The van der Waals surface area contributed by atoms with Crippen LogP contribution >= 0.6 is 0 Å². The third-order valence-electron chi connectivity index (χ3n) is 0.625. The third-order valence-corrected chi connectivity index (χ3v) is 1.50. The minimum absolute atomic E-state index is 1.16. The molecule has 0 unspecified atom stereocenters. The Balaban J connectivity index is 3.99. The highest BCUT2D eigenvalue weighted by molar-refractivity contribution is 6.83. The van der Waals surface area contributed by atoms with E-state index < -0.39 is 8.07 Å². The summed E-state index contributed by atoms with van der Waals surface area (Å²) in [7, 11) is -1.16. The lowest BCUT2D eigenvalue weighted by molar-refractivity contribution is 1.81. The smallest absolute Gasteiger partial charge is 0.118 e. The van der Waals surface area contributed by atoms with Crippen LogP contribution in [0.1, 0.15) is 6.92 Å². The lowest BCUT2D eigenvalue weighted by Crippen LogP contribution is -2.16. The largest absolute Gasteiger partial charge is 0.130 e. The fourth-order valence-corrected chi connectivity index (χ4v) is 0.719. The van der Waals surface area contributed by atoms with Crippen molar-refractivity contribution in [1.82, 2.24) is 0 Å². The molecular weight excluding hydrogens is 124 g/mol. The van der Waals surface area contributed by atoms with Crippen molar-refractivity contribution in [2.75, 3.05) is 0 Å². The van der Waals surface area contributed by atoms with Gasteiger partial charge in [0.25, 0.3) is 0 Å². The summed E-state index contributed by atoms with van der Waals surface area (Å²) in [5.74, 6) is 8.29. The highest BCUT2D eigenvalue weighted by atomic mass is 28.3. The topological polar surface area (TPSA) is 0 Å².